The van der Waals surface area contributed by atoms with Gasteiger partial charge in [0, 0.05) is 29.8 Å². The maximum absolute atomic E-state index is 14.8. The van der Waals surface area contributed by atoms with E-state index in [1.165, 1.54) is 37.6 Å². The van der Waals surface area contributed by atoms with Crippen LogP contribution in [0.5, 0.6) is 0 Å². The summed E-state index contributed by atoms with van der Waals surface area (Å²) >= 11 is 0. The van der Waals surface area contributed by atoms with Crippen molar-refractivity contribution in [2.45, 2.75) is 31.2 Å². The van der Waals surface area contributed by atoms with Crippen molar-refractivity contribution in [1.29, 1.82) is 0 Å². The fourth-order valence-electron chi connectivity index (χ4n) is 3.40. The molecule has 4 rings (SSSR count). The van der Waals surface area contributed by atoms with Gasteiger partial charge >= 0.3 is 12.3 Å². The van der Waals surface area contributed by atoms with Crippen molar-refractivity contribution in [3.05, 3.63) is 54.2 Å². The van der Waals surface area contributed by atoms with Crippen molar-refractivity contribution in [3.8, 4) is 22.7 Å². The van der Waals surface area contributed by atoms with Crippen molar-refractivity contribution in [3.63, 3.8) is 0 Å². The number of rotatable bonds is 3. The van der Waals surface area contributed by atoms with Crippen LogP contribution in [-0.4, -0.2) is 44.6 Å². The third-order valence-electron chi connectivity index (χ3n) is 4.94. The molecule has 0 unspecified atom stereocenters. The molecule has 2 atom stereocenters. The Labute approximate surface area is 183 Å². The fourth-order valence-corrected chi connectivity index (χ4v) is 3.40. The molecule has 13 heteroatoms. The molecule has 33 heavy (non-hydrogen) atoms. The average molecular weight is 465 g/mol. The maximum atomic E-state index is 14.8. The first-order valence-electron chi connectivity index (χ1n) is 9.42. The number of carbonyl (C=O) groups is 1. The topological polar surface area (TPSA) is 123 Å². The summed E-state index contributed by atoms with van der Waals surface area (Å²) in [5, 5.41) is 14.5. The minimum Gasteiger partial charge on any atom is -0.465 e. The van der Waals surface area contributed by atoms with Crippen molar-refractivity contribution >= 4 is 12.1 Å². The van der Waals surface area contributed by atoms with E-state index in [1.54, 1.807) is 11.4 Å². The van der Waals surface area contributed by atoms with Gasteiger partial charge in [-0.05, 0) is 31.2 Å². The summed E-state index contributed by atoms with van der Waals surface area (Å²) in [7, 11) is 0. The third-order valence-corrected chi connectivity index (χ3v) is 4.94. The Balaban J connectivity index is 1.72. The van der Waals surface area contributed by atoms with E-state index in [9.17, 15) is 22.4 Å². The summed E-state index contributed by atoms with van der Waals surface area (Å²) < 4.78 is 65.9. The minimum absolute atomic E-state index is 0.203. The normalized spacial score (nSPS) is 20.6. The van der Waals surface area contributed by atoms with Crippen LogP contribution < -0.4 is 5.32 Å². The number of hydrogen-bond donors (Lipinski definition) is 2. The smallest absolute Gasteiger partial charge is 0.412 e. The number of benzene rings is 1. The summed E-state index contributed by atoms with van der Waals surface area (Å²) in [6.07, 6.45) is -4.42. The second-order valence-electron chi connectivity index (χ2n) is 7.32. The Hall–Kier alpha value is -4.03. The number of nitrogens with zero attached hydrogens (tertiary/aromatic N) is 4. The van der Waals surface area contributed by atoms with Crippen molar-refractivity contribution in [2.24, 2.45) is 4.99 Å². The lowest BCUT2D eigenvalue weighted by molar-refractivity contribution is -0.164. The second kappa shape index (κ2) is 8.15. The highest BCUT2D eigenvalue weighted by Crippen LogP contribution is 2.42. The van der Waals surface area contributed by atoms with Crippen LogP contribution in [0.15, 0.2) is 52.4 Å². The predicted octanol–water partition coefficient (Wildman–Crippen LogP) is 4.13. The summed E-state index contributed by atoms with van der Waals surface area (Å²) in [6.45, 7) is 1.22. The molecule has 0 spiro atoms. The first kappa shape index (κ1) is 22.2. The molecule has 0 aliphatic carbocycles. The molecule has 9 nitrogen and oxygen atoms in total. The predicted molar refractivity (Wildman–Crippen MR) is 104 cm³/mol. The van der Waals surface area contributed by atoms with Gasteiger partial charge < -0.3 is 14.4 Å². The monoisotopic (exact) mass is 465 g/mol. The largest absolute Gasteiger partial charge is 0.465 e. The molecule has 3 aromatic rings. The standard InChI is InChI=1S/C20H15F4N5O4/c1-19(8-16(20(22,23)24)27-17(32-19)28-18(30)31)11-6-10(2-3-12(11)21)15-7-14(29-33-15)13-4-5-25-9-26-13/h2-7,9,16H,8H2,1H3,(H,27,28)(H,30,31)/t16-,19-/m0/s1. The average Bonchev–Trinajstić information content (AvgIpc) is 3.23. The Morgan fingerprint density at radius 1 is 1.24 bits per heavy atom. The summed E-state index contributed by atoms with van der Waals surface area (Å²) in [5.74, 6) is -0.650. The zero-order valence-corrected chi connectivity index (χ0v) is 16.8. The third kappa shape index (κ3) is 4.61. The van der Waals surface area contributed by atoms with Crippen LogP contribution in [0.25, 0.3) is 22.7 Å². The summed E-state index contributed by atoms with van der Waals surface area (Å²) in [5.41, 5.74) is -0.985. The number of aromatic nitrogens is 3. The molecule has 172 valence electrons. The SMILES string of the molecule is C[C@@]1(c2cc(-c3cc(-c4ccncn4)no3)ccc2F)C[C@@H](C(F)(F)F)N=C(NC(=O)O)O1. The molecule has 1 aliphatic rings. The second-order valence-corrected chi connectivity index (χ2v) is 7.32. The van der Waals surface area contributed by atoms with Gasteiger partial charge in [-0.3, -0.25) is 0 Å². The number of hydrogen-bond acceptors (Lipinski definition) is 7. The number of carboxylic acid groups (broad SMARTS) is 1. The molecular formula is C20H15F4N5O4. The molecule has 0 fully saturated rings. The molecule has 1 amide bonds. The Bertz CT molecular complexity index is 1210. The van der Waals surface area contributed by atoms with Crippen LogP contribution in [0.4, 0.5) is 22.4 Å². The van der Waals surface area contributed by atoms with E-state index in [1.807, 2.05) is 0 Å². The fraction of sp³-hybridized carbons (Fsp3) is 0.250. The van der Waals surface area contributed by atoms with Gasteiger partial charge in [-0.25, -0.2) is 29.5 Å². The number of ether oxygens (including phenoxy) is 1. The van der Waals surface area contributed by atoms with E-state index < -0.39 is 42.2 Å². The molecule has 1 aliphatic heterocycles. The van der Waals surface area contributed by atoms with Crippen LogP contribution in [-0.2, 0) is 10.3 Å². The maximum Gasteiger partial charge on any atom is 0.412 e. The molecule has 3 heterocycles. The van der Waals surface area contributed by atoms with Gasteiger partial charge in [-0.2, -0.15) is 13.2 Å². The van der Waals surface area contributed by atoms with Gasteiger partial charge in [0.2, 0.25) is 0 Å². The Kier molecular flexibility index (Phi) is 5.47. The Morgan fingerprint density at radius 3 is 2.70 bits per heavy atom. The van der Waals surface area contributed by atoms with Crippen LogP contribution in [0.2, 0.25) is 0 Å². The molecule has 0 radical (unpaired) electrons. The molecule has 0 saturated carbocycles. The van der Waals surface area contributed by atoms with E-state index in [0.29, 0.717) is 17.0 Å². The zero-order valence-electron chi connectivity index (χ0n) is 16.8. The van der Waals surface area contributed by atoms with Gasteiger partial charge in [0.1, 0.15) is 23.4 Å². The van der Waals surface area contributed by atoms with Gasteiger partial charge in [0.15, 0.2) is 11.8 Å². The lowest BCUT2D eigenvalue weighted by Crippen LogP contribution is -2.48. The Morgan fingerprint density at radius 2 is 2.03 bits per heavy atom. The van der Waals surface area contributed by atoms with Crippen LogP contribution in [0, 0.1) is 5.82 Å². The number of aliphatic imine (C=N–C) groups is 1. The molecule has 2 N–H and O–H groups in total. The zero-order chi connectivity index (χ0) is 23.8. The number of halogens is 4. The van der Waals surface area contributed by atoms with Crippen LogP contribution in [0.1, 0.15) is 18.9 Å². The first-order valence-corrected chi connectivity index (χ1v) is 9.42. The summed E-state index contributed by atoms with van der Waals surface area (Å²) in [6, 6.07) is 3.61. The molecule has 0 bridgehead atoms. The molecule has 0 saturated heterocycles. The van der Waals surface area contributed by atoms with Crippen LogP contribution >= 0.6 is 0 Å². The quantitative estimate of drug-likeness (QED) is 0.558. The van der Waals surface area contributed by atoms with Gasteiger partial charge in [0.25, 0.3) is 6.02 Å². The molecule has 1 aromatic carbocycles. The minimum atomic E-state index is -4.80. The van der Waals surface area contributed by atoms with E-state index in [-0.39, 0.29) is 11.3 Å². The number of nitrogens with one attached hydrogen (secondary N) is 1. The number of alkyl halides is 3. The van der Waals surface area contributed by atoms with E-state index >= 15 is 0 Å². The lowest BCUT2D eigenvalue weighted by Gasteiger charge is -2.38. The number of amidine groups is 1. The lowest BCUT2D eigenvalue weighted by atomic mass is 9.86. The van der Waals surface area contributed by atoms with Crippen molar-refractivity contribution in [1.82, 2.24) is 20.4 Å². The van der Waals surface area contributed by atoms with E-state index in [4.69, 9.17) is 14.4 Å². The number of amides is 1. The van der Waals surface area contributed by atoms with Gasteiger partial charge in [-0.15, -0.1) is 0 Å². The highest BCUT2D eigenvalue weighted by Gasteiger charge is 2.50. The highest BCUT2D eigenvalue weighted by atomic mass is 19.4. The highest BCUT2D eigenvalue weighted by molar-refractivity contribution is 5.90. The van der Waals surface area contributed by atoms with Gasteiger partial charge in [0.05, 0.1) is 5.69 Å². The van der Waals surface area contributed by atoms with E-state index in [0.717, 1.165) is 6.07 Å². The van der Waals surface area contributed by atoms with Crippen molar-refractivity contribution in [2.75, 3.05) is 0 Å². The van der Waals surface area contributed by atoms with Crippen LogP contribution in [0.3, 0.4) is 0 Å². The van der Waals surface area contributed by atoms with E-state index in [2.05, 4.69) is 20.1 Å². The molecular weight excluding hydrogens is 450 g/mol. The van der Waals surface area contributed by atoms with Gasteiger partial charge in [-0.1, -0.05) is 5.16 Å². The summed E-state index contributed by atoms with van der Waals surface area (Å²) in [4.78, 5) is 22.1. The first-order chi connectivity index (χ1) is 15.5. The molecule has 2 aromatic heterocycles. The van der Waals surface area contributed by atoms with Crippen molar-refractivity contribution < 1.29 is 36.7 Å².